The number of nitrogens with zero attached hydrogens (tertiary/aromatic N) is 3. The third-order valence-corrected chi connectivity index (χ3v) is 4.80. The van der Waals surface area contributed by atoms with E-state index in [0.717, 1.165) is 5.56 Å². The molecule has 0 aliphatic rings. The number of benzene rings is 1. The number of aromatic nitrogens is 1. The lowest BCUT2D eigenvalue weighted by Crippen LogP contribution is -2.33. The predicted octanol–water partition coefficient (Wildman–Crippen LogP) is 3.63. The first kappa shape index (κ1) is 20.0. The van der Waals surface area contributed by atoms with E-state index in [1.165, 1.54) is 4.90 Å². The minimum Gasteiger partial charge on any atom is -0.452 e. The molecule has 0 N–H and O–H groups in total. The summed E-state index contributed by atoms with van der Waals surface area (Å²) >= 11 is 0. The number of amides is 1. The summed E-state index contributed by atoms with van der Waals surface area (Å²) in [4.78, 5) is 26.6. The number of nitriles is 1. The maximum Gasteiger partial charge on any atom is 0.343 e. The Labute approximate surface area is 168 Å². The molecule has 1 atom stereocenters. The third kappa shape index (κ3) is 4.06. The highest BCUT2D eigenvalue weighted by Crippen LogP contribution is 2.26. The molecular formula is C22H21N3O4. The van der Waals surface area contributed by atoms with Crippen molar-refractivity contribution in [1.82, 2.24) is 9.47 Å². The van der Waals surface area contributed by atoms with Gasteiger partial charge in [-0.1, -0.05) is 30.3 Å². The third-order valence-electron chi connectivity index (χ3n) is 4.80. The number of rotatable bonds is 6. The Morgan fingerprint density at radius 3 is 2.48 bits per heavy atom. The van der Waals surface area contributed by atoms with Crippen LogP contribution in [0, 0.1) is 18.3 Å². The Balaban J connectivity index is 1.71. The van der Waals surface area contributed by atoms with E-state index in [1.54, 1.807) is 43.1 Å². The topological polar surface area (TPSA) is 88.5 Å². The largest absolute Gasteiger partial charge is 0.452 e. The molecule has 7 heteroatoms. The van der Waals surface area contributed by atoms with Crippen LogP contribution < -0.4 is 0 Å². The van der Waals surface area contributed by atoms with Crippen LogP contribution in [-0.2, 0) is 9.53 Å². The lowest BCUT2D eigenvalue weighted by molar-refractivity contribution is -0.135. The van der Waals surface area contributed by atoms with Gasteiger partial charge in [0.2, 0.25) is 5.88 Å². The zero-order valence-corrected chi connectivity index (χ0v) is 16.5. The van der Waals surface area contributed by atoms with Crippen molar-refractivity contribution < 1.29 is 18.7 Å². The molecule has 0 aliphatic heterocycles. The second-order valence-electron chi connectivity index (χ2n) is 6.58. The quantitative estimate of drug-likeness (QED) is 0.599. The summed E-state index contributed by atoms with van der Waals surface area (Å²) in [5.74, 6) is -0.618. The monoisotopic (exact) mass is 391 g/mol. The molecule has 0 spiro atoms. The molecule has 0 fully saturated rings. The van der Waals surface area contributed by atoms with E-state index < -0.39 is 12.6 Å². The van der Waals surface area contributed by atoms with Crippen LogP contribution in [0.15, 0.2) is 59.3 Å². The van der Waals surface area contributed by atoms with Gasteiger partial charge in [-0.05, 0) is 31.5 Å². The Morgan fingerprint density at radius 2 is 1.86 bits per heavy atom. The van der Waals surface area contributed by atoms with Crippen molar-refractivity contribution in [3.8, 4) is 12.0 Å². The summed E-state index contributed by atoms with van der Waals surface area (Å²) in [6, 6.07) is 14.9. The van der Waals surface area contributed by atoms with Crippen LogP contribution in [0.4, 0.5) is 0 Å². The van der Waals surface area contributed by atoms with Crippen molar-refractivity contribution in [2.24, 2.45) is 0 Å². The van der Waals surface area contributed by atoms with E-state index in [2.05, 4.69) is 0 Å². The molecule has 1 amide bonds. The number of carbonyl (C=O) groups is 2. The average Bonchev–Trinajstić information content (AvgIpc) is 3.38. The summed E-state index contributed by atoms with van der Waals surface area (Å²) in [6.07, 6.45) is 3.41. The zero-order chi connectivity index (χ0) is 21.0. The van der Waals surface area contributed by atoms with Gasteiger partial charge in [-0.2, -0.15) is 5.26 Å². The van der Waals surface area contributed by atoms with E-state index in [1.807, 2.05) is 43.3 Å². The summed E-state index contributed by atoms with van der Waals surface area (Å²) in [7, 11) is 1.65. The molecular weight excluding hydrogens is 370 g/mol. The van der Waals surface area contributed by atoms with Gasteiger partial charge in [-0.15, -0.1) is 0 Å². The number of hydrogen-bond donors (Lipinski definition) is 0. The van der Waals surface area contributed by atoms with Gasteiger partial charge in [0.25, 0.3) is 5.91 Å². The molecule has 3 aromatic rings. The fourth-order valence-electron chi connectivity index (χ4n) is 3.00. The fourth-order valence-corrected chi connectivity index (χ4v) is 3.00. The van der Waals surface area contributed by atoms with Gasteiger partial charge in [0.05, 0.1) is 6.04 Å². The second kappa shape index (κ2) is 8.48. The lowest BCUT2D eigenvalue weighted by atomic mass is 10.1. The number of esters is 1. The zero-order valence-electron chi connectivity index (χ0n) is 16.5. The summed E-state index contributed by atoms with van der Waals surface area (Å²) in [6.45, 7) is 3.04. The van der Waals surface area contributed by atoms with Gasteiger partial charge >= 0.3 is 5.97 Å². The molecule has 2 aromatic heterocycles. The van der Waals surface area contributed by atoms with Crippen molar-refractivity contribution in [2.75, 3.05) is 13.7 Å². The van der Waals surface area contributed by atoms with Crippen molar-refractivity contribution in [1.29, 1.82) is 5.26 Å². The smallest absolute Gasteiger partial charge is 0.343 e. The molecule has 0 bridgehead atoms. The van der Waals surface area contributed by atoms with Gasteiger partial charge in [-0.25, -0.2) is 4.79 Å². The lowest BCUT2D eigenvalue weighted by Gasteiger charge is -2.25. The standard InChI is InChI=1S/C22H21N3O4/c1-15(17-9-5-4-6-10-17)24(3)19(26)14-28-22(27)20-16(2)29-21(18(20)13-23)25-11-7-8-12-25/h4-12,15H,14H2,1-3H3/t15-/m1/s1. The molecule has 148 valence electrons. The minimum absolute atomic E-state index is 0.0303. The van der Waals surface area contributed by atoms with Crippen molar-refractivity contribution >= 4 is 11.9 Å². The SMILES string of the molecule is Cc1oc(-n2cccc2)c(C#N)c1C(=O)OCC(=O)N(C)[C@H](C)c1ccccc1. The van der Waals surface area contributed by atoms with Crippen molar-refractivity contribution in [2.45, 2.75) is 19.9 Å². The number of ether oxygens (including phenoxy) is 1. The maximum atomic E-state index is 12.6. The molecule has 0 unspecified atom stereocenters. The first-order valence-electron chi connectivity index (χ1n) is 9.08. The van der Waals surface area contributed by atoms with Gasteiger partial charge < -0.3 is 14.1 Å². The summed E-state index contributed by atoms with van der Waals surface area (Å²) < 4.78 is 12.4. The van der Waals surface area contributed by atoms with Crippen LogP contribution in [0.25, 0.3) is 5.88 Å². The number of carbonyl (C=O) groups excluding carboxylic acids is 2. The Kier molecular flexibility index (Phi) is 5.84. The molecule has 29 heavy (non-hydrogen) atoms. The number of hydrogen-bond acceptors (Lipinski definition) is 5. The minimum atomic E-state index is -0.768. The van der Waals surface area contributed by atoms with Gasteiger partial charge in [0.15, 0.2) is 6.61 Å². The first-order chi connectivity index (χ1) is 13.9. The molecule has 3 rings (SSSR count). The highest BCUT2D eigenvalue weighted by Gasteiger charge is 2.27. The molecule has 2 heterocycles. The molecule has 0 aliphatic carbocycles. The Morgan fingerprint density at radius 1 is 1.21 bits per heavy atom. The molecule has 0 saturated carbocycles. The molecule has 0 radical (unpaired) electrons. The van der Waals surface area contributed by atoms with E-state index in [9.17, 15) is 14.9 Å². The Hall–Kier alpha value is -3.79. The molecule has 1 aromatic carbocycles. The molecule has 0 saturated heterocycles. The first-order valence-corrected chi connectivity index (χ1v) is 9.08. The van der Waals surface area contributed by atoms with Crippen LogP contribution >= 0.6 is 0 Å². The van der Waals surface area contributed by atoms with Crippen LogP contribution in [0.2, 0.25) is 0 Å². The summed E-state index contributed by atoms with van der Waals surface area (Å²) in [5.41, 5.74) is 1.08. The van der Waals surface area contributed by atoms with Crippen LogP contribution in [0.3, 0.4) is 0 Å². The summed E-state index contributed by atoms with van der Waals surface area (Å²) in [5, 5.41) is 9.52. The van der Waals surface area contributed by atoms with Crippen molar-refractivity contribution in [3.05, 3.63) is 77.3 Å². The van der Waals surface area contributed by atoms with Gasteiger partial charge in [0.1, 0.15) is 23.0 Å². The number of furan rings is 1. The fraction of sp³-hybridized carbons (Fsp3) is 0.227. The van der Waals surface area contributed by atoms with E-state index in [0.29, 0.717) is 0 Å². The normalized spacial score (nSPS) is 11.5. The predicted molar refractivity (Wildman–Crippen MR) is 105 cm³/mol. The average molecular weight is 391 g/mol. The van der Waals surface area contributed by atoms with E-state index >= 15 is 0 Å². The van der Waals surface area contributed by atoms with Gasteiger partial charge in [0, 0.05) is 19.4 Å². The maximum absolute atomic E-state index is 12.6. The highest BCUT2D eigenvalue weighted by molar-refractivity contribution is 5.95. The van der Waals surface area contributed by atoms with Crippen molar-refractivity contribution in [3.63, 3.8) is 0 Å². The second-order valence-corrected chi connectivity index (χ2v) is 6.58. The number of aryl methyl sites for hydroxylation is 1. The Bertz CT molecular complexity index is 1050. The van der Waals surface area contributed by atoms with Crippen LogP contribution in [0.1, 0.15) is 40.2 Å². The van der Waals surface area contributed by atoms with Crippen LogP contribution in [0.5, 0.6) is 0 Å². The number of likely N-dealkylation sites (N-methyl/N-ethyl adjacent to an activating group) is 1. The molecule has 7 nitrogen and oxygen atoms in total. The highest BCUT2D eigenvalue weighted by atomic mass is 16.5. The van der Waals surface area contributed by atoms with Gasteiger partial charge in [-0.3, -0.25) is 9.36 Å². The van der Waals surface area contributed by atoms with E-state index in [4.69, 9.17) is 9.15 Å². The van der Waals surface area contributed by atoms with E-state index in [-0.39, 0.29) is 34.7 Å². The van der Waals surface area contributed by atoms with Crippen LogP contribution in [-0.4, -0.2) is 35.0 Å².